The fourth-order valence-corrected chi connectivity index (χ4v) is 0.952. The van der Waals surface area contributed by atoms with Gasteiger partial charge in [0, 0.05) is 11.9 Å². The Kier molecular flexibility index (Phi) is 1.78. The molecule has 59 valence electrons. The van der Waals surface area contributed by atoms with Crippen molar-refractivity contribution in [2.75, 3.05) is 5.32 Å². The molecule has 1 aromatic heterocycles. The molecule has 0 atom stereocenters. The van der Waals surface area contributed by atoms with Gasteiger partial charge in [0.15, 0.2) is 0 Å². The van der Waals surface area contributed by atoms with Crippen molar-refractivity contribution >= 4 is 11.6 Å². The SMILES string of the molecule is [c]1c[nH]c(Nc2ccccc2)n1. The van der Waals surface area contributed by atoms with Crippen LogP contribution in [0.4, 0.5) is 11.6 Å². The number of hydrogen-bond donors (Lipinski definition) is 2. The van der Waals surface area contributed by atoms with E-state index in [0.29, 0.717) is 5.95 Å². The second-order valence-corrected chi connectivity index (χ2v) is 2.37. The Morgan fingerprint density at radius 3 is 2.75 bits per heavy atom. The molecule has 3 nitrogen and oxygen atoms in total. The molecular formula is C9H8N3. The van der Waals surface area contributed by atoms with Crippen LogP contribution in [0.2, 0.25) is 0 Å². The number of hydrogen-bond acceptors (Lipinski definition) is 2. The summed E-state index contributed by atoms with van der Waals surface area (Å²) < 4.78 is 0. The highest BCUT2D eigenvalue weighted by Crippen LogP contribution is 2.10. The van der Waals surface area contributed by atoms with Gasteiger partial charge in [0.25, 0.3) is 0 Å². The van der Waals surface area contributed by atoms with Crippen LogP contribution in [0.1, 0.15) is 0 Å². The van der Waals surface area contributed by atoms with Crippen molar-refractivity contribution in [3.05, 3.63) is 42.7 Å². The Hall–Kier alpha value is -1.77. The summed E-state index contributed by atoms with van der Waals surface area (Å²) in [4.78, 5) is 6.83. The summed E-state index contributed by atoms with van der Waals surface area (Å²) in [5, 5.41) is 3.09. The Morgan fingerprint density at radius 2 is 2.08 bits per heavy atom. The number of benzene rings is 1. The summed E-state index contributed by atoms with van der Waals surface area (Å²) in [6, 6.07) is 9.86. The number of nitrogens with one attached hydrogen (secondary N) is 2. The van der Waals surface area contributed by atoms with E-state index in [9.17, 15) is 0 Å². The lowest BCUT2D eigenvalue weighted by atomic mass is 10.3. The molecule has 0 aliphatic rings. The van der Waals surface area contributed by atoms with E-state index in [2.05, 4.69) is 21.5 Å². The minimum absolute atomic E-state index is 0.709. The first kappa shape index (κ1) is 6.91. The molecule has 2 N–H and O–H groups in total. The molecule has 0 spiro atoms. The monoisotopic (exact) mass is 158 g/mol. The average Bonchev–Trinajstić information content (AvgIpc) is 2.59. The fourth-order valence-electron chi connectivity index (χ4n) is 0.952. The highest BCUT2D eigenvalue weighted by atomic mass is 15.1. The largest absolute Gasteiger partial charge is 0.330 e. The van der Waals surface area contributed by atoms with Crippen LogP contribution in [0.25, 0.3) is 0 Å². The van der Waals surface area contributed by atoms with E-state index in [0.717, 1.165) is 5.69 Å². The van der Waals surface area contributed by atoms with E-state index in [1.54, 1.807) is 6.20 Å². The maximum atomic E-state index is 3.92. The van der Waals surface area contributed by atoms with Gasteiger partial charge in [-0.05, 0) is 12.1 Å². The van der Waals surface area contributed by atoms with Crippen molar-refractivity contribution < 1.29 is 0 Å². The molecule has 0 saturated heterocycles. The Labute approximate surface area is 70.5 Å². The van der Waals surface area contributed by atoms with Crippen LogP contribution >= 0.6 is 0 Å². The van der Waals surface area contributed by atoms with Crippen LogP contribution < -0.4 is 5.32 Å². The first-order valence-corrected chi connectivity index (χ1v) is 3.69. The second-order valence-electron chi connectivity index (χ2n) is 2.37. The third-order valence-electron chi connectivity index (χ3n) is 1.49. The van der Waals surface area contributed by atoms with Gasteiger partial charge in [0.2, 0.25) is 5.95 Å². The van der Waals surface area contributed by atoms with Crippen LogP contribution in [0, 0.1) is 6.20 Å². The first-order valence-electron chi connectivity index (χ1n) is 3.69. The minimum Gasteiger partial charge on any atom is -0.330 e. The van der Waals surface area contributed by atoms with Crippen molar-refractivity contribution in [3.63, 3.8) is 0 Å². The molecule has 0 fully saturated rings. The van der Waals surface area contributed by atoms with Gasteiger partial charge >= 0.3 is 0 Å². The van der Waals surface area contributed by atoms with Crippen LogP contribution in [0.3, 0.4) is 0 Å². The quantitative estimate of drug-likeness (QED) is 0.701. The Bertz CT molecular complexity index is 326. The third kappa shape index (κ3) is 1.45. The summed E-state index contributed by atoms with van der Waals surface area (Å²) in [6.07, 6.45) is 4.34. The molecule has 0 aliphatic heterocycles. The predicted octanol–water partition coefficient (Wildman–Crippen LogP) is 1.95. The van der Waals surface area contributed by atoms with Crippen LogP contribution in [0.5, 0.6) is 0 Å². The van der Waals surface area contributed by atoms with Crippen molar-refractivity contribution in [1.29, 1.82) is 0 Å². The number of rotatable bonds is 2. The maximum Gasteiger partial charge on any atom is 0.205 e. The summed E-state index contributed by atoms with van der Waals surface area (Å²) in [7, 11) is 0. The van der Waals surface area contributed by atoms with Crippen LogP contribution in [0.15, 0.2) is 36.5 Å². The number of para-hydroxylation sites is 1. The lowest BCUT2D eigenvalue weighted by Crippen LogP contribution is -1.90. The van der Waals surface area contributed by atoms with Crippen molar-refractivity contribution in [3.8, 4) is 0 Å². The van der Waals surface area contributed by atoms with E-state index in [1.807, 2.05) is 30.3 Å². The lowest BCUT2D eigenvalue weighted by molar-refractivity contribution is 1.28. The van der Waals surface area contributed by atoms with Crippen molar-refractivity contribution in [2.24, 2.45) is 0 Å². The Morgan fingerprint density at radius 1 is 1.25 bits per heavy atom. The number of imidazole rings is 1. The third-order valence-corrected chi connectivity index (χ3v) is 1.49. The highest BCUT2D eigenvalue weighted by Gasteiger charge is 1.92. The van der Waals surface area contributed by atoms with Gasteiger partial charge < -0.3 is 10.3 Å². The number of nitrogens with zero attached hydrogens (tertiary/aromatic N) is 1. The first-order chi connectivity index (χ1) is 5.95. The molecule has 0 aliphatic carbocycles. The van der Waals surface area contributed by atoms with Gasteiger partial charge in [-0.3, -0.25) is 0 Å². The smallest absolute Gasteiger partial charge is 0.205 e. The summed E-state index contributed by atoms with van der Waals surface area (Å²) >= 11 is 0. The van der Waals surface area contributed by atoms with E-state index in [4.69, 9.17) is 0 Å². The number of H-pyrrole nitrogens is 1. The molecule has 0 bridgehead atoms. The molecule has 12 heavy (non-hydrogen) atoms. The van der Waals surface area contributed by atoms with Gasteiger partial charge in [-0.2, -0.15) is 0 Å². The van der Waals surface area contributed by atoms with E-state index in [1.165, 1.54) is 0 Å². The Balaban J connectivity index is 2.15. The van der Waals surface area contributed by atoms with Gasteiger partial charge in [0.1, 0.15) is 6.20 Å². The molecule has 0 amide bonds. The number of aromatic nitrogens is 2. The maximum absolute atomic E-state index is 3.92. The molecule has 0 unspecified atom stereocenters. The van der Waals surface area contributed by atoms with Crippen LogP contribution in [-0.2, 0) is 0 Å². The topological polar surface area (TPSA) is 40.7 Å². The fraction of sp³-hybridized carbons (Fsp3) is 0. The normalized spacial score (nSPS) is 9.67. The van der Waals surface area contributed by atoms with Crippen molar-refractivity contribution in [2.45, 2.75) is 0 Å². The standard InChI is InChI=1S/C9H8N3/c1-2-4-8(5-3-1)12-9-10-6-7-11-9/h1-6H,(H2,10,11,12). The minimum atomic E-state index is 0.709. The summed E-state index contributed by atoms with van der Waals surface area (Å²) in [5.41, 5.74) is 1.01. The van der Waals surface area contributed by atoms with Gasteiger partial charge in [0.05, 0.1) is 0 Å². The second kappa shape index (κ2) is 3.09. The molecule has 2 aromatic rings. The number of aromatic amines is 1. The summed E-state index contributed by atoms with van der Waals surface area (Å²) in [6.45, 7) is 0. The predicted molar refractivity (Wildman–Crippen MR) is 47.1 cm³/mol. The zero-order valence-corrected chi connectivity index (χ0v) is 6.41. The molecule has 1 aromatic carbocycles. The molecule has 1 heterocycles. The zero-order valence-electron chi connectivity index (χ0n) is 6.41. The number of anilines is 2. The average molecular weight is 158 g/mol. The van der Waals surface area contributed by atoms with Gasteiger partial charge in [-0.25, -0.2) is 4.98 Å². The van der Waals surface area contributed by atoms with Gasteiger partial charge in [-0.15, -0.1) is 0 Å². The molecule has 2 rings (SSSR count). The summed E-state index contributed by atoms with van der Waals surface area (Å²) in [5.74, 6) is 0.709. The highest BCUT2D eigenvalue weighted by molar-refractivity contribution is 5.52. The lowest BCUT2D eigenvalue weighted by Gasteiger charge is -2.00. The molecule has 3 heteroatoms. The van der Waals surface area contributed by atoms with E-state index < -0.39 is 0 Å². The van der Waals surface area contributed by atoms with E-state index in [-0.39, 0.29) is 0 Å². The van der Waals surface area contributed by atoms with Gasteiger partial charge in [-0.1, -0.05) is 18.2 Å². The van der Waals surface area contributed by atoms with Crippen LogP contribution in [-0.4, -0.2) is 9.97 Å². The molecule has 0 saturated carbocycles. The molecule has 1 radical (unpaired) electrons. The van der Waals surface area contributed by atoms with E-state index >= 15 is 0 Å². The molecular weight excluding hydrogens is 150 g/mol. The van der Waals surface area contributed by atoms with Crippen molar-refractivity contribution in [1.82, 2.24) is 9.97 Å². The zero-order chi connectivity index (χ0) is 8.23.